The number of rotatable bonds is 0. The van der Waals surface area contributed by atoms with E-state index in [1.165, 1.54) is 0 Å². The van der Waals surface area contributed by atoms with Crippen LogP contribution in [0.25, 0.3) is 0 Å². The molecule has 0 N–H and O–H groups in total. The second-order valence-corrected chi connectivity index (χ2v) is 1.27. The maximum absolute atomic E-state index is 10.4. The second-order valence-electron chi connectivity index (χ2n) is 1.27. The molecule has 3 nitrogen and oxygen atoms in total. The summed E-state index contributed by atoms with van der Waals surface area (Å²) in [4.78, 5) is 13.8. The molecule has 0 unspecified atom stereocenters. The van der Waals surface area contributed by atoms with Gasteiger partial charge in [-0.05, 0) is 6.92 Å². The van der Waals surface area contributed by atoms with Crippen LogP contribution in [0.3, 0.4) is 0 Å². The number of esters is 1. The summed E-state index contributed by atoms with van der Waals surface area (Å²) in [6.45, 7) is 1.72. The number of hydrogen-bond acceptors (Lipinski definition) is 3. The molecule has 1 aliphatic heterocycles. The standard InChI is InChI=1S/C5H4NO2/c1-2-4-5(7)8-3-6-4/h2H,1H3. The average molecular weight is 110 g/mol. The van der Waals surface area contributed by atoms with E-state index in [9.17, 15) is 4.79 Å². The molecule has 0 atom stereocenters. The molecule has 0 bridgehead atoms. The largest absolute Gasteiger partial charge is 0.397 e. The van der Waals surface area contributed by atoms with Crippen LogP contribution in [0.15, 0.2) is 16.8 Å². The first kappa shape index (κ1) is 5.03. The van der Waals surface area contributed by atoms with Crippen molar-refractivity contribution in [2.45, 2.75) is 6.92 Å². The minimum Gasteiger partial charge on any atom is -0.397 e. The van der Waals surface area contributed by atoms with Crippen molar-refractivity contribution >= 4 is 12.4 Å². The first-order chi connectivity index (χ1) is 3.84. The summed E-state index contributed by atoms with van der Waals surface area (Å²) in [5.74, 6) is -0.424. The first-order valence-electron chi connectivity index (χ1n) is 2.18. The number of carbonyl (C=O) groups is 1. The highest BCUT2D eigenvalue weighted by Gasteiger charge is 2.13. The zero-order valence-corrected chi connectivity index (χ0v) is 4.34. The summed E-state index contributed by atoms with van der Waals surface area (Å²) in [5, 5.41) is 0. The van der Waals surface area contributed by atoms with Crippen molar-refractivity contribution in [2.24, 2.45) is 4.99 Å². The fourth-order valence-electron chi connectivity index (χ4n) is 0.394. The zero-order chi connectivity index (χ0) is 5.98. The fraction of sp³-hybridized carbons (Fsp3) is 0.200. The second kappa shape index (κ2) is 1.78. The van der Waals surface area contributed by atoms with Crippen molar-refractivity contribution in [2.75, 3.05) is 0 Å². The lowest BCUT2D eigenvalue weighted by atomic mass is 10.4. The van der Waals surface area contributed by atoms with E-state index in [0.717, 1.165) is 0 Å². The number of nitrogens with zero attached hydrogens (tertiary/aromatic N) is 1. The molecule has 0 aliphatic carbocycles. The van der Waals surface area contributed by atoms with E-state index >= 15 is 0 Å². The Morgan fingerprint density at radius 3 is 2.88 bits per heavy atom. The van der Waals surface area contributed by atoms with E-state index in [4.69, 9.17) is 0 Å². The topological polar surface area (TPSA) is 38.7 Å². The zero-order valence-electron chi connectivity index (χ0n) is 4.34. The third-order valence-electron chi connectivity index (χ3n) is 0.787. The molecule has 1 aliphatic rings. The van der Waals surface area contributed by atoms with Gasteiger partial charge >= 0.3 is 5.97 Å². The molecule has 1 heterocycles. The van der Waals surface area contributed by atoms with Crippen LogP contribution in [0.2, 0.25) is 0 Å². The van der Waals surface area contributed by atoms with E-state index in [1.54, 1.807) is 13.0 Å². The normalized spacial score (nSPS) is 22.1. The molecule has 0 spiro atoms. The molecular weight excluding hydrogens is 106 g/mol. The minimum atomic E-state index is -0.424. The van der Waals surface area contributed by atoms with Gasteiger partial charge in [0.25, 0.3) is 6.40 Å². The van der Waals surface area contributed by atoms with E-state index in [-0.39, 0.29) is 0 Å². The van der Waals surface area contributed by atoms with Crippen LogP contribution in [-0.4, -0.2) is 12.4 Å². The molecule has 1 radical (unpaired) electrons. The van der Waals surface area contributed by atoms with Gasteiger partial charge in [0.15, 0.2) is 0 Å². The lowest BCUT2D eigenvalue weighted by molar-refractivity contribution is -0.129. The third-order valence-corrected chi connectivity index (χ3v) is 0.787. The number of hydrogen-bond donors (Lipinski definition) is 0. The van der Waals surface area contributed by atoms with Crippen molar-refractivity contribution in [3.63, 3.8) is 0 Å². The first-order valence-corrected chi connectivity index (χ1v) is 2.18. The van der Waals surface area contributed by atoms with Crippen LogP contribution in [0, 0.1) is 0 Å². The summed E-state index contributed by atoms with van der Waals surface area (Å²) in [6, 6.07) is 0. The Morgan fingerprint density at radius 1 is 1.88 bits per heavy atom. The van der Waals surface area contributed by atoms with Crippen LogP contribution >= 0.6 is 0 Å². The fourth-order valence-corrected chi connectivity index (χ4v) is 0.394. The van der Waals surface area contributed by atoms with Gasteiger partial charge in [0.05, 0.1) is 0 Å². The van der Waals surface area contributed by atoms with Crippen molar-refractivity contribution in [1.29, 1.82) is 0 Å². The van der Waals surface area contributed by atoms with Crippen molar-refractivity contribution in [3.8, 4) is 0 Å². The molecule has 0 aromatic carbocycles. The van der Waals surface area contributed by atoms with E-state index in [2.05, 4.69) is 16.1 Å². The summed E-state index contributed by atoms with van der Waals surface area (Å²) in [6.07, 6.45) is 3.65. The number of cyclic esters (lactones) is 1. The van der Waals surface area contributed by atoms with Crippen molar-refractivity contribution in [1.82, 2.24) is 0 Å². The Kier molecular flexibility index (Phi) is 1.12. The molecule has 41 valence electrons. The minimum absolute atomic E-state index is 0.324. The predicted octanol–water partition coefficient (Wildman–Crippen LogP) is 0.352. The molecule has 0 amide bonds. The maximum atomic E-state index is 10.4. The smallest absolute Gasteiger partial charge is 0.363 e. The molecule has 0 aromatic rings. The molecule has 0 saturated carbocycles. The van der Waals surface area contributed by atoms with Crippen LogP contribution in [-0.2, 0) is 9.53 Å². The average Bonchev–Trinajstić information content (AvgIpc) is 2.14. The highest BCUT2D eigenvalue weighted by Crippen LogP contribution is 2.03. The molecule has 0 aromatic heterocycles. The highest BCUT2D eigenvalue weighted by molar-refractivity contribution is 5.97. The van der Waals surface area contributed by atoms with E-state index in [1.807, 2.05) is 0 Å². The number of carbonyl (C=O) groups excluding carboxylic acids is 1. The molecule has 0 saturated heterocycles. The Morgan fingerprint density at radius 2 is 2.62 bits per heavy atom. The van der Waals surface area contributed by atoms with Gasteiger partial charge in [-0.2, -0.15) is 0 Å². The summed E-state index contributed by atoms with van der Waals surface area (Å²) in [7, 11) is 0. The van der Waals surface area contributed by atoms with Gasteiger partial charge in [-0.3, -0.25) is 0 Å². The molecule has 0 fully saturated rings. The SMILES string of the molecule is CC=C1N=[C]OC1=O. The Labute approximate surface area is 46.7 Å². The summed E-state index contributed by atoms with van der Waals surface area (Å²) < 4.78 is 4.23. The highest BCUT2D eigenvalue weighted by atomic mass is 16.5. The Bertz CT molecular complexity index is 169. The van der Waals surface area contributed by atoms with Crippen molar-refractivity contribution < 1.29 is 9.53 Å². The van der Waals surface area contributed by atoms with Crippen LogP contribution in [0.5, 0.6) is 0 Å². The Balaban J connectivity index is 2.82. The van der Waals surface area contributed by atoms with Crippen LogP contribution in [0.1, 0.15) is 6.92 Å². The van der Waals surface area contributed by atoms with Gasteiger partial charge in [-0.25, -0.2) is 9.79 Å². The summed E-state index contributed by atoms with van der Waals surface area (Å²) >= 11 is 0. The van der Waals surface area contributed by atoms with Gasteiger partial charge in [0.2, 0.25) is 0 Å². The van der Waals surface area contributed by atoms with Crippen LogP contribution in [0.4, 0.5) is 0 Å². The maximum Gasteiger partial charge on any atom is 0.363 e. The van der Waals surface area contributed by atoms with Gasteiger partial charge in [-0.15, -0.1) is 0 Å². The number of allylic oxidation sites excluding steroid dienone is 1. The molecule has 3 heteroatoms. The molecular formula is C5H4NO2. The molecule has 1 rings (SSSR count). The quantitative estimate of drug-likeness (QED) is 0.333. The van der Waals surface area contributed by atoms with E-state index < -0.39 is 5.97 Å². The van der Waals surface area contributed by atoms with Crippen LogP contribution < -0.4 is 0 Å². The third kappa shape index (κ3) is 0.621. The van der Waals surface area contributed by atoms with Gasteiger partial charge < -0.3 is 4.74 Å². The monoisotopic (exact) mass is 110 g/mol. The number of ether oxygens (including phenoxy) is 1. The summed E-state index contributed by atoms with van der Waals surface area (Å²) in [5.41, 5.74) is 0.324. The molecule has 8 heavy (non-hydrogen) atoms. The number of aliphatic imine (C=N–C) groups is 1. The Hall–Kier alpha value is -1.12. The predicted molar refractivity (Wildman–Crippen MR) is 27.3 cm³/mol. The van der Waals surface area contributed by atoms with Gasteiger partial charge in [0, 0.05) is 0 Å². The van der Waals surface area contributed by atoms with Gasteiger partial charge in [-0.1, -0.05) is 6.08 Å². The van der Waals surface area contributed by atoms with Crippen molar-refractivity contribution in [3.05, 3.63) is 11.8 Å². The van der Waals surface area contributed by atoms with Gasteiger partial charge in [0.1, 0.15) is 5.70 Å². The lowest BCUT2D eigenvalue weighted by Gasteiger charge is -1.81. The van der Waals surface area contributed by atoms with E-state index in [0.29, 0.717) is 5.70 Å². The lowest BCUT2D eigenvalue weighted by Crippen LogP contribution is -1.94.